The molecule has 6 nitrogen and oxygen atoms in total. The number of para-hydroxylation sites is 1. The van der Waals surface area contributed by atoms with Gasteiger partial charge in [-0.15, -0.1) is 0 Å². The van der Waals surface area contributed by atoms with E-state index in [0.717, 1.165) is 33.6 Å². The zero-order valence-electron chi connectivity index (χ0n) is 19.5. The van der Waals surface area contributed by atoms with Crippen LogP contribution in [0, 0.1) is 5.41 Å². The molecule has 0 aliphatic heterocycles. The van der Waals surface area contributed by atoms with Gasteiger partial charge in [-0.25, -0.2) is 0 Å². The Morgan fingerprint density at radius 3 is 2.44 bits per heavy atom. The number of nitrogens with one attached hydrogen (secondary N) is 1. The van der Waals surface area contributed by atoms with Crippen molar-refractivity contribution in [2.45, 2.75) is 33.1 Å². The average molecular weight is 459 g/mol. The van der Waals surface area contributed by atoms with Crippen molar-refractivity contribution in [1.82, 2.24) is 0 Å². The largest absolute Gasteiger partial charge is 0.489 e. The van der Waals surface area contributed by atoms with Crippen molar-refractivity contribution in [3.05, 3.63) is 95.3 Å². The SMILES string of the molecule is CC(=N)/C(Cc1ccccc1OC/C=C(\C)CCC(=O)O)=C(\N)c1ccc(-c2ccco2)cc1. The van der Waals surface area contributed by atoms with Crippen molar-refractivity contribution in [3.8, 4) is 17.1 Å². The van der Waals surface area contributed by atoms with Crippen LogP contribution in [0.1, 0.15) is 37.8 Å². The number of furan rings is 1. The minimum atomic E-state index is -0.812. The number of carboxylic acid groups (broad SMARTS) is 1. The quantitative estimate of drug-likeness (QED) is 0.238. The van der Waals surface area contributed by atoms with E-state index in [4.69, 9.17) is 25.4 Å². The first-order valence-corrected chi connectivity index (χ1v) is 11.1. The minimum absolute atomic E-state index is 0.105. The zero-order valence-corrected chi connectivity index (χ0v) is 19.5. The first-order chi connectivity index (χ1) is 16.3. The fourth-order valence-electron chi connectivity index (χ4n) is 3.52. The number of ether oxygens (including phenoxy) is 1. The summed E-state index contributed by atoms with van der Waals surface area (Å²) in [7, 11) is 0. The first-order valence-electron chi connectivity index (χ1n) is 11.1. The molecule has 0 unspecified atom stereocenters. The van der Waals surface area contributed by atoms with Gasteiger partial charge in [0.05, 0.1) is 6.26 Å². The van der Waals surface area contributed by atoms with Crippen LogP contribution in [0.2, 0.25) is 0 Å². The molecule has 0 fully saturated rings. The predicted octanol–water partition coefficient (Wildman–Crippen LogP) is 6.09. The standard InChI is InChI=1S/C28H30N2O4/c1-19(9-14-27(31)32)15-17-34-26-7-4-3-6-23(26)18-24(20(2)29)28(30)22-12-10-21(11-13-22)25-8-5-16-33-25/h3-8,10-13,15-16,29H,9,14,17-18,30H2,1-2H3,(H,31,32)/b19-15+,28-24-,29-20?. The monoisotopic (exact) mass is 458 g/mol. The summed E-state index contributed by atoms with van der Waals surface area (Å²) in [5, 5.41) is 17.2. The Hall–Kier alpha value is -4.06. The molecular weight excluding hydrogens is 428 g/mol. The molecule has 0 amide bonds. The Balaban J connectivity index is 1.78. The summed E-state index contributed by atoms with van der Waals surface area (Å²) in [6, 6.07) is 19.2. The third-order valence-electron chi connectivity index (χ3n) is 5.52. The van der Waals surface area contributed by atoms with Gasteiger partial charge in [-0.1, -0.05) is 48.0 Å². The molecule has 0 bridgehead atoms. The van der Waals surface area contributed by atoms with Gasteiger partial charge in [-0.05, 0) is 55.7 Å². The molecule has 0 aliphatic carbocycles. The van der Waals surface area contributed by atoms with Gasteiger partial charge >= 0.3 is 5.97 Å². The molecule has 0 aliphatic rings. The van der Waals surface area contributed by atoms with E-state index in [1.54, 1.807) is 13.2 Å². The van der Waals surface area contributed by atoms with E-state index in [9.17, 15) is 4.79 Å². The number of allylic oxidation sites excluding steroid dienone is 2. The summed E-state index contributed by atoms with van der Waals surface area (Å²) in [6.07, 6.45) is 4.59. The van der Waals surface area contributed by atoms with E-state index in [0.29, 0.717) is 36.6 Å². The van der Waals surface area contributed by atoms with E-state index in [-0.39, 0.29) is 6.42 Å². The van der Waals surface area contributed by atoms with E-state index in [1.807, 2.05) is 73.7 Å². The lowest BCUT2D eigenvalue weighted by Crippen LogP contribution is -2.11. The molecule has 2 aromatic carbocycles. The molecule has 0 saturated heterocycles. The Bertz CT molecular complexity index is 1190. The van der Waals surface area contributed by atoms with Gasteiger partial charge < -0.3 is 25.4 Å². The molecule has 176 valence electrons. The molecule has 0 spiro atoms. The van der Waals surface area contributed by atoms with Crippen molar-refractivity contribution in [3.63, 3.8) is 0 Å². The maximum Gasteiger partial charge on any atom is 0.303 e. The average Bonchev–Trinajstić information content (AvgIpc) is 3.36. The highest BCUT2D eigenvalue weighted by molar-refractivity contribution is 6.03. The normalized spacial score (nSPS) is 12.2. The highest BCUT2D eigenvalue weighted by Gasteiger charge is 2.13. The summed E-state index contributed by atoms with van der Waals surface area (Å²) < 4.78 is 11.4. The summed E-state index contributed by atoms with van der Waals surface area (Å²) in [6.45, 7) is 3.97. The molecule has 3 rings (SSSR count). The maximum absolute atomic E-state index is 10.7. The Kier molecular flexibility index (Phi) is 8.46. The number of hydrogen-bond donors (Lipinski definition) is 3. The fraction of sp³-hybridized carbons (Fsp3) is 0.214. The highest BCUT2D eigenvalue weighted by Crippen LogP contribution is 2.27. The Labute approximate surface area is 199 Å². The van der Waals surface area contributed by atoms with Crippen LogP contribution in [-0.4, -0.2) is 23.4 Å². The van der Waals surface area contributed by atoms with Gasteiger partial charge in [-0.2, -0.15) is 0 Å². The summed E-state index contributed by atoms with van der Waals surface area (Å²) in [5.74, 6) is 0.689. The lowest BCUT2D eigenvalue weighted by atomic mass is 9.95. The Morgan fingerprint density at radius 1 is 1.06 bits per heavy atom. The lowest BCUT2D eigenvalue weighted by molar-refractivity contribution is -0.136. The van der Waals surface area contributed by atoms with E-state index in [1.165, 1.54) is 0 Å². The molecule has 34 heavy (non-hydrogen) atoms. The third kappa shape index (κ3) is 6.72. The molecule has 0 atom stereocenters. The van der Waals surface area contributed by atoms with Crippen LogP contribution >= 0.6 is 0 Å². The van der Waals surface area contributed by atoms with Gasteiger partial charge in [0.1, 0.15) is 18.1 Å². The molecule has 3 aromatic rings. The lowest BCUT2D eigenvalue weighted by Gasteiger charge is -2.15. The van der Waals surface area contributed by atoms with Gasteiger partial charge in [0.15, 0.2) is 0 Å². The second-order valence-electron chi connectivity index (χ2n) is 8.11. The third-order valence-corrected chi connectivity index (χ3v) is 5.52. The number of carbonyl (C=O) groups is 1. The number of carboxylic acids is 1. The zero-order chi connectivity index (χ0) is 24.5. The molecule has 6 heteroatoms. The predicted molar refractivity (Wildman–Crippen MR) is 135 cm³/mol. The van der Waals surface area contributed by atoms with Crippen LogP contribution in [-0.2, 0) is 11.2 Å². The van der Waals surface area contributed by atoms with Crippen LogP contribution in [0.25, 0.3) is 17.0 Å². The summed E-state index contributed by atoms with van der Waals surface area (Å²) >= 11 is 0. The topological polar surface area (TPSA) is 110 Å². The second-order valence-corrected chi connectivity index (χ2v) is 8.11. The molecular formula is C28H30N2O4. The van der Waals surface area contributed by atoms with Crippen molar-refractivity contribution < 1.29 is 19.1 Å². The smallest absolute Gasteiger partial charge is 0.303 e. The van der Waals surface area contributed by atoms with E-state index >= 15 is 0 Å². The summed E-state index contributed by atoms with van der Waals surface area (Å²) in [4.78, 5) is 10.7. The molecule has 4 N–H and O–H groups in total. The van der Waals surface area contributed by atoms with Gasteiger partial charge in [0.2, 0.25) is 0 Å². The fourth-order valence-corrected chi connectivity index (χ4v) is 3.52. The summed E-state index contributed by atoms with van der Waals surface area (Å²) in [5.41, 5.74) is 11.9. The number of benzene rings is 2. The molecule has 1 aromatic heterocycles. The van der Waals surface area contributed by atoms with Crippen LogP contribution in [0.5, 0.6) is 5.75 Å². The first kappa shape index (κ1) is 24.6. The molecule has 1 heterocycles. The van der Waals surface area contributed by atoms with Crippen LogP contribution < -0.4 is 10.5 Å². The number of rotatable bonds is 11. The van der Waals surface area contributed by atoms with Crippen LogP contribution in [0.15, 0.2) is 88.6 Å². The van der Waals surface area contributed by atoms with Crippen LogP contribution in [0.4, 0.5) is 0 Å². The van der Waals surface area contributed by atoms with Gasteiger partial charge in [0.25, 0.3) is 0 Å². The second kappa shape index (κ2) is 11.7. The van der Waals surface area contributed by atoms with Crippen molar-refractivity contribution >= 4 is 17.4 Å². The maximum atomic E-state index is 10.7. The molecule has 0 saturated carbocycles. The van der Waals surface area contributed by atoms with Crippen molar-refractivity contribution in [2.24, 2.45) is 5.73 Å². The van der Waals surface area contributed by atoms with Crippen LogP contribution in [0.3, 0.4) is 0 Å². The molecule has 0 radical (unpaired) electrons. The van der Waals surface area contributed by atoms with Crippen molar-refractivity contribution in [2.75, 3.05) is 6.61 Å². The minimum Gasteiger partial charge on any atom is -0.489 e. The number of aliphatic carboxylic acids is 1. The Morgan fingerprint density at radius 2 is 1.79 bits per heavy atom. The van der Waals surface area contributed by atoms with Gasteiger partial charge in [0, 0.05) is 35.4 Å². The highest BCUT2D eigenvalue weighted by atomic mass is 16.5. The van der Waals surface area contributed by atoms with Crippen molar-refractivity contribution in [1.29, 1.82) is 5.41 Å². The number of nitrogens with two attached hydrogens (primary N) is 1. The number of hydrogen-bond acceptors (Lipinski definition) is 5. The van der Waals surface area contributed by atoms with Gasteiger partial charge in [-0.3, -0.25) is 4.79 Å². The van der Waals surface area contributed by atoms with E-state index in [2.05, 4.69) is 0 Å². The van der Waals surface area contributed by atoms with E-state index < -0.39 is 5.97 Å².